The van der Waals surface area contributed by atoms with Crippen molar-refractivity contribution in [3.05, 3.63) is 71.8 Å². The van der Waals surface area contributed by atoms with Gasteiger partial charge in [-0.3, -0.25) is 0 Å². The Kier molecular flexibility index (Phi) is 4.08. The summed E-state index contributed by atoms with van der Waals surface area (Å²) in [7, 11) is 4.09. The monoisotopic (exact) mass is 236 g/mol. The van der Waals surface area contributed by atoms with Crippen molar-refractivity contribution in [2.45, 2.75) is 0 Å². The fraction of sp³-hybridized carbons (Fsp3) is 0.118. The molecule has 0 aliphatic carbocycles. The quantitative estimate of drug-likeness (QED) is 0.435. The third kappa shape index (κ3) is 3.42. The van der Waals surface area contributed by atoms with Crippen LogP contribution in [0.2, 0.25) is 0 Å². The Balaban J connectivity index is 2.44. The van der Waals surface area contributed by atoms with Gasteiger partial charge in [0.1, 0.15) is 14.1 Å². The molecular weight excluding hydrogens is 218 g/mol. The summed E-state index contributed by atoms with van der Waals surface area (Å²) in [5, 5.41) is 0. The van der Waals surface area contributed by atoms with E-state index >= 15 is 0 Å². The van der Waals surface area contributed by atoms with E-state index < -0.39 is 0 Å². The summed E-state index contributed by atoms with van der Waals surface area (Å²) in [6.45, 7) is 0. The van der Waals surface area contributed by atoms with Gasteiger partial charge < -0.3 is 0 Å². The normalized spacial score (nSPS) is 11.1. The zero-order chi connectivity index (χ0) is 12.8. The highest BCUT2D eigenvalue weighted by molar-refractivity contribution is 6.13. The van der Waals surface area contributed by atoms with E-state index in [4.69, 9.17) is 0 Å². The van der Waals surface area contributed by atoms with Crippen molar-refractivity contribution in [3.8, 4) is 0 Å². The van der Waals surface area contributed by atoms with Crippen LogP contribution in [0, 0.1) is 0 Å². The lowest BCUT2D eigenvalue weighted by Gasteiger charge is -2.01. The SMILES string of the molecule is C[N+](C)=C/C(=C\c1ccccc1)c1ccccc1. The summed E-state index contributed by atoms with van der Waals surface area (Å²) in [5.41, 5.74) is 3.66. The van der Waals surface area contributed by atoms with Crippen LogP contribution in [0.5, 0.6) is 0 Å². The van der Waals surface area contributed by atoms with Crippen LogP contribution in [0.15, 0.2) is 60.7 Å². The molecule has 0 N–H and O–H groups in total. The van der Waals surface area contributed by atoms with Gasteiger partial charge in [0.2, 0.25) is 0 Å². The highest BCUT2D eigenvalue weighted by atomic mass is 14.9. The minimum atomic E-state index is 1.21. The minimum Gasteiger partial charge on any atom is -0.241 e. The molecule has 2 aromatic carbocycles. The molecule has 0 saturated heterocycles. The van der Waals surface area contributed by atoms with E-state index in [1.165, 1.54) is 16.7 Å². The number of hydrogen-bond acceptors (Lipinski definition) is 0. The van der Waals surface area contributed by atoms with Gasteiger partial charge in [-0.1, -0.05) is 60.7 Å². The first-order chi connectivity index (χ1) is 8.75. The van der Waals surface area contributed by atoms with Crippen LogP contribution in [0.25, 0.3) is 11.6 Å². The Morgan fingerprint density at radius 3 is 1.94 bits per heavy atom. The fourth-order valence-electron chi connectivity index (χ4n) is 1.83. The van der Waals surface area contributed by atoms with Gasteiger partial charge in [0.25, 0.3) is 0 Å². The van der Waals surface area contributed by atoms with Crippen molar-refractivity contribution in [2.75, 3.05) is 14.1 Å². The van der Waals surface area contributed by atoms with Crippen molar-refractivity contribution in [2.24, 2.45) is 0 Å². The summed E-state index contributed by atoms with van der Waals surface area (Å²) in [6.07, 6.45) is 4.34. The lowest BCUT2D eigenvalue weighted by molar-refractivity contribution is -0.458. The minimum absolute atomic E-state index is 1.21. The Morgan fingerprint density at radius 1 is 0.833 bits per heavy atom. The second-order valence-corrected chi connectivity index (χ2v) is 4.47. The van der Waals surface area contributed by atoms with Crippen LogP contribution in [0.1, 0.15) is 11.1 Å². The predicted molar refractivity (Wildman–Crippen MR) is 78.9 cm³/mol. The van der Waals surface area contributed by atoms with Crippen LogP contribution >= 0.6 is 0 Å². The maximum absolute atomic E-state index is 2.20. The van der Waals surface area contributed by atoms with Crippen molar-refractivity contribution in [3.63, 3.8) is 0 Å². The largest absolute Gasteiger partial charge is 0.241 e. The van der Waals surface area contributed by atoms with Crippen LogP contribution in [-0.4, -0.2) is 24.9 Å². The van der Waals surface area contributed by atoms with E-state index in [9.17, 15) is 0 Å². The molecule has 0 heterocycles. The molecule has 0 spiro atoms. The predicted octanol–water partition coefficient (Wildman–Crippen LogP) is 3.57. The molecule has 2 aromatic rings. The molecule has 18 heavy (non-hydrogen) atoms. The maximum atomic E-state index is 2.20. The van der Waals surface area contributed by atoms with E-state index in [1.807, 2.05) is 26.2 Å². The summed E-state index contributed by atoms with van der Waals surface area (Å²) in [5.74, 6) is 0. The lowest BCUT2D eigenvalue weighted by Crippen LogP contribution is -2.00. The molecule has 0 fully saturated rings. The summed E-state index contributed by atoms with van der Waals surface area (Å²) < 4.78 is 2.07. The topological polar surface area (TPSA) is 3.01 Å². The van der Waals surface area contributed by atoms with Gasteiger partial charge in [0.05, 0.1) is 0 Å². The van der Waals surface area contributed by atoms with Gasteiger partial charge in [-0.25, -0.2) is 4.58 Å². The van der Waals surface area contributed by atoms with Crippen molar-refractivity contribution in [1.29, 1.82) is 0 Å². The Morgan fingerprint density at radius 2 is 1.39 bits per heavy atom. The second kappa shape index (κ2) is 5.97. The molecule has 0 atom stereocenters. The molecule has 0 aromatic heterocycles. The molecule has 0 amide bonds. The Labute approximate surface area is 109 Å². The molecule has 0 unspecified atom stereocenters. The average molecular weight is 236 g/mol. The highest BCUT2D eigenvalue weighted by Gasteiger charge is 2.02. The van der Waals surface area contributed by atoms with Gasteiger partial charge in [-0.2, -0.15) is 0 Å². The number of nitrogens with zero attached hydrogens (tertiary/aromatic N) is 1. The van der Waals surface area contributed by atoms with Crippen LogP contribution in [-0.2, 0) is 0 Å². The zero-order valence-corrected chi connectivity index (χ0v) is 10.9. The maximum Gasteiger partial charge on any atom is 0.170 e. The first-order valence-corrected chi connectivity index (χ1v) is 6.09. The molecule has 0 aliphatic rings. The van der Waals surface area contributed by atoms with E-state index in [0.717, 1.165) is 0 Å². The first kappa shape index (κ1) is 12.3. The van der Waals surface area contributed by atoms with Gasteiger partial charge in [0, 0.05) is 5.57 Å². The van der Waals surface area contributed by atoms with Crippen molar-refractivity contribution < 1.29 is 4.58 Å². The molecule has 1 nitrogen and oxygen atoms in total. The fourth-order valence-corrected chi connectivity index (χ4v) is 1.83. The van der Waals surface area contributed by atoms with Crippen LogP contribution in [0.4, 0.5) is 0 Å². The van der Waals surface area contributed by atoms with E-state index in [1.54, 1.807) is 0 Å². The molecule has 90 valence electrons. The zero-order valence-electron chi connectivity index (χ0n) is 10.9. The van der Waals surface area contributed by atoms with E-state index in [-0.39, 0.29) is 0 Å². The Bertz CT molecular complexity index is 547. The standard InChI is InChI=1S/C17H18N/c1-18(2)14-17(16-11-7-4-8-12-16)13-15-9-5-3-6-10-15/h3-14H,1-2H3/q+1/b17-13+. The summed E-state index contributed by atoms with van der Waals surface area (Å²) in [6, 6.07) is 20.8. The summed E-state index contributed by atoms with van der Waals surface area (Å²) >= 11 is 0. The van der Waals surface area contributed by atoms with Gasteiger partial charge in [0.15, 0.2) is 6.21 Å². The lowest BCUT2D eigenvalue weighted by atomic mass is 10.0. The molecular formula is C17H18N+. The summed E-state index contributed by atoms with van der Waals surface area (Å²) in [4.78, 5) is 0. The van der Waals surface area contributed by atoms with Crippen molar-refractivity contribution >= 4 is 17.9 Å². The number of allylic oxidation sites excluding steroid dienone is 1. The van der Waals surface area contributed by atoms with E-state index in [0.29, 0.717) is 0 Å². The average Bonchev–Trinajstić information content (AvgIpc) is 2.40. The molecule has 2 rings (SSSR count). The van der Waals surface area contributed by atoms with Gasteiger partial charge in [-0.15, -0.1) is 0 Å². The van der Waals surface area contributed by atoms with Gasteiger partial charge >= 0.3 is 0 Å². The number of rotatable bonds is 3. The highest BCUT2D eigenvalue weighted by Crippen LogP contribution is 2.16. The van der Waals surface area contributed by atoms with Crippen molar-refractivity contribution in [1.82, 2.24) is 0 Å². The first-order valence-electron chi connectivity index (χ1n) is 6.09. The molecule has 0 aliphatic heterocycles. The van der Waals surface area contributed by atoms with E-state index in [2.05, 4.69) is 65.4 Å². The molecule has 1 heteroatoms. The second-order valence-electron chi connectivity index (χ2n) is 4.47. The molecule has 0 radical (unpaired) electrons. The Hall–Kier alpha value is -2.15. The van der Waals surface area contributed by atoms with Gasteiger partial charge in [-0.05, 0) is 17.2 Å². The number of hydrogen-bond donors (Lipinski definition) is 0. The van der Waals surface area contributed by atoms with Crippen LogP contribution in [0.3, 0.4) is 0 Å². The molecule has 0 bridgehead atoms. The third-order valence-corrected chi connectivity index (χ3v) is 2.63. The third-order valence-electron chi connectivity index (χ3n) is 2.63. The van der Waals surface area contributed by atoms with Crippen LogP contribution < -0.4 is 0 Å². The smallest absolute Gasteiger partial charge is 0.170 e. The number of benzene rings is 2. The molecule has 0 saturated carbocycles.